The van der Waals surface area contributed by atoms with Crippen LogP contribution in [-0.4, -0.2) is 44.5 Å². The van der Waals surface area contributed by atoms with Crippen molar-refractivity contribution < 1.29 is 23.6 Å². The van der Waals surface area contributed by atoms with Gasteiger partial charge in [0, 0.05) is 18.4 Å². The molecule has 1 saturated heterocycles. The standard InChI is InChI=1S/C22H25FN2O3/c23-19-8-6-18(7-9-19)21(26)10-11-22(27)24-20(17-4-2-1-3-5-17)16-25-12-14-28-15-13-25/h1-9,20H,10-16H2,(H,24,27)/p+1/t20-/m0/s1. The van der Waals surface area contributed by atoms with Crippen LogP contribution in [0.5, 0.6) is 0 Å². The molecule has 1 fully saturated rings. The van der Waals surface area contributed by atoms with Gasteiger partial charge in [-0.1, -0.05) is 30.3 Å². The van der Waals surface area contributed by atoms with Gasteiger partial charge in [-0.25, -0.2) is 4.39 Å². The van der Waals surface area contributed by atoms with Gasteiger partial charge in [0.05, 0.1) is 13.2 Å². The second kappa shape index (κ2) is 10.1. The Balaban J connectivity index is 1.57. The Bertz CT molecular complexity index is 774. The van der Waals surface area contributed by atoms with E-state index in [9.17, 15) is 14.0 Å². The Kier molecular flexibility index (Phi) is 7.28. The quantitative estimate of drug-likeness (QED) is 0.678. The number of amides is 1. The Hall–Kier alpha value is -2.57. The third-order valence-electron chi connectivity index (χ3n) is 4.98. The third-order valence-corrected chi connectivity index (χ3v) is 4.98. The number of benzene rings is 2. The minimum Gasteiger partial charge on any atom is -0.370 e. The predicted octanol–water partition coefficient (Wildman–Crippen LogP) is 1.56. The number of hydrogen-bond donors (Lipinski definition) is 2. The molecule has 28 heavy (non-hydrogen) atoms. The molecule has 2 aromatic carbocycles. The summed E-state index contributed by atoms with van der Waals surface area (Å²) in [5, 5.41) is 3.08. The molecule has 1 heterocycles. The highest BCUT2D eigenvalue weighted by atomic mass is 19.1. The van der Waals surface area contributed by atoms with Crippen molar-refractivity contribution in [2.24, 2.45) is 0 Å². The molecule has 3 rings (SSSR count). The summed E-state index contributed by atoms with van der Waals surface area (Å²) in [6.07, 6.45) is 0.210. The second-order valence-corrected chi connectivity index (χ2v) is 7.03. The van der Waals surface area contributed by atoms with Gasteiger partial charge in [-0.2, -0.15) is 0 Å². The van der Waals surface area contributed by atoms with Crippen LogP contribution in [0.25, 0.3) is 0 Å². The molecule has 6 heteroatoms. The summed E-state index contributed by atoms with van der Waals surface area (Å²) >= 11 is 0. The number of morpholine rings is 1. The van der Waals surface area contributed by atoms with Crippen LogP contribution in [0, 0.1) is 5.82 Å². The van der Waals surface area contributed by atoms with Gasteiger partial charge in [0.15, 0.2) is 5.78 Å². The fourth-order valence-corrected chi connectivity index (χ4v) is 3.36. The number of ether oxygens (including phenoxy) is 1. The Morgan fingerprint density at radius 1 is 1.00 bits per heavy atom. The molecule has 1 atom stereocenters. The van der Waals surface area contributed by atoms with E-state index in [2.05, 4.69) is 5.32 Å². The summed E-state index contributed by atoms with van der Waals surface area (Å²) in [4.78, 5) is 26.1. The molecule has 0 unspecified atom stereocenters. The van der Waals surface area contributed by atoms with Gasteiger partial charge in [-0.3, -0.25) is 9.59 Å². The molecule has 0 spiro atoms. The second-order valence-electron chi connectivity index (χ2n) is 7.03. The lowest BCUT2D eigenvalue weighted by molar-refractivity contribution is -0.909. The molecule has 1 aliphatic rings. The average Bonchev–Trinajstić information content (AvgIpc) is 2.73. The van der Waals surface area contributed by atoms with E-state index in [0.717, 1.165) is 38.4 Å². The molecule has 2 N–H and O–H groups in total. The van der Waals surface area contributed by atoms with Crippen LogP contribution in [0.15, 0.2) is 54.6 Å². The van der Waals surface area contributed by atoms with Crippen molar-refractivity contribution >= 4 is 11.7 Å². The SMILES string of the molecule is O=C(CCC(=O)c1ccc(F)cc1)N[C@@H](C[NH+]1CCOCC1)c1ccccc1. The maximum atomic E-state index is 13.0. The molecule has 0 radical (unpaired) electrons. The molecule has 148 valence electrons. The smallest absolute Gasteiger partial charge is 0.221 e. The highest BCUT2D eigenvalue weighted by Crippen LogP contribution is 2.12. The van der Waals surface area contributed by atoms with Crippen molar-refractivity contribution in [3.63, 3.8) is 0 Å². The fraction of sp³-hybridized carbons (Fsp3) is 0.364. The minimum atomic E-state index is -0.384. The number of nitrogens with one attached hydrogen (secondary N) is 2. The van der Waals surface area contributed by atoms with Crippen LogP contribution >= 0.6 is 0 Å². The van der Waals surface area contributed by atoms with Gasteiger partial charge >= 0.3 is 0 Å². The van der Waals surface area contributed by atoms with Crippen LogP contribution in [0.2, 0.25) is 0 Å². The first-order valence-corrected chi connectivity index (χ1v) is 9.66. The largest absolute Gasteiger partial charge is 0.370 e. The highest BCUT2D eigenvalue weighted by molar-refractivity contribution is 5.97. The lowest BCUT2D eigenvalue weighted by Gasteiger charge is -2.28. The van der Waals surface area contributed by atoms with Crippen LogP contribution in [0.1, 0.15) is 34.8 Å². The van der Waals surface area contributed by atoms with Crippen molar-refractivity contribution in [2.75, 3.05) is 32.8 Å². The van der Waals surface area contributed by atoms with E-state index in [4.69, 9.17) is 4.74 Å². The van der Waals surface area contributed by atoms with Crippen molar-refractivity contribution in [1.29, 1.82) is 0 Å². The van der Waals surface area contributed by atoms with Gasteiger partial charge in [-0.15, -0.1) is 0 Å². The van der Waals surface area contributed by atoms with Gasteiger partial charge < -0.3 is 15.0 Å². The van der Waals surface area contributed by atoms with Gasteiger partial charge in [-0.05, 0) is 29.8 Å². The van der Waals surface area contributed by atoms with E-state index in [1.54, 1.807) is 0 Å². The number of Topliss-reactive ketones (excluding diaryl/α,β-unsaturated/α-hetero) is 1. The van der Waals surface area contributed by atoms with Gasteiger partial charge in [0.2, 0.25) is 5.91 Å². The molecule has 1 amide bonds. The van der Waals surface area contributed by atoms with Crippen LogP contribution in [0.3, 0.4) is 0 Å². The summed E-state index contributed by atoms with van der Waals surface area (Å²) in [6, 6.07) is 15.2. The Labute approximate surface area is 164 Å². The zero-order valence-corrected chi connectivity index (χ0v) is 15.8. The zero-order valence-electron chi connectivity index (χ0n) is 15.8. The molecule has 2 aromatic rings. The number of carbonyl (C=O) groups excluding carboxylic acids is 2. The first-order valence-electron chi connectivity index (χ1n) is 9.66. The molecule has 0 bridgehead atoms. The molecular weight excluding hydrogens is 359 g/mol. The average molecular weight is 385 g/mol. The van der Waals surface area contributed by atoms with Crippen molar-refractivity contribution in [3.8, 4) is 0 Å². The number of hydrogen-bond acceptors (Lipinski definition) is 3. The monoisotopic (exact) mass is 385 g/mol. The van der Waals surface area contributed by atoms with Crippen LogP contribution < -0.4 is 10.2 Å². The van der Waals surface area contributed by atoms with E-state index in [1.807, 2.05) is 30.3 Å². The van der Waals surface area contributed by atoms with E-state index < -0.39 is 0 Å². The predicted molar refractivity (Wildman–Crippen MR) is 104 cm³/mol. The summed E-state index contributed by atoms with van der Waals surface area (Å²) in [5.41, 5.74) is 1.48. The van der Waals surface area contributed by atoms with Crippen LogP contribution in [-0.2, 0) is 9.53 Å². The Morgan fingerprint density at radius 2 is 1.68 bits per heavy atom. The van der Waals surface area contributed by atoms with Crippen LogP contribution in [0.4, 0.5) is 4.39 Å². The normalized spacial score (nSPS) is 15.8. The lowest BCUT2D eigenvalue weighted by Crippen LogP contribution is -3.14. The first-order chi connectivity index (χ1) is 13.6. The molecule has 5 nitrogen and oxygen atoms in total. The molecule has 0 saturated carbocycles. The Morgan fingerprint density at radius 3 is 2.36 bits per heavy atom. The fourth-order valence-electron chi connectivity index (χ4n) is 3.36. The van der Waals surface area contributed by atoms with Crippen molar-refractivity contribution in [3.05, 3.63) is 71.5 Å². The van der Waals surface area contributed by atoms with Crippen molar-refractivity contribution in [2.45, 2.75) is 18.9 Å². The lowest BCUT2D eigenvalue weighted by atomic mass is 10.0. The van der Waals surface area contributed by atoms with E-state index in [-0.39, 0.29) is 36.4 Å². The zero-order chi connectivity index (χ0) is 19.8. The molecular formula is C22H26FN2O3+. The van der Waals surface area contributed by atoms with E-state index in [0.29, 0.717) is 5.56 Å². The van der Waals surface area contributed by atoms with Gasteiger partial charge in [0.25, 0.3) is 0 Å². The third kappa shape index (κ3) is 5.97. The maximum Gasteiger partial charge on any atom is 0.221 e. The summed E-state index contributed by atoms with van der Waals surface area (Å²) in [7, 11) is 0. The first kappa shape index (κ1) is 20.2. The van der Waals surface area contributed by atoms with E-state index >= 15 is 0 Å². The van der Waals surface area contributed by atoms with Gasteiger partial charge in [0.1, 0.15) is 31.5 Å². The highest BCUT2D eigenvalue weighted by Gasteiger charge is 2.23. The summed E-state index contributed by atoms with van der Waals surface area (Å²) in [5.74, 6) is -0.701. The van der Waals surface area contributed by atoms with E-state index in [1.165, 1.54) is 29.2 Å². The minimum absolute atomic E-state index is 0.101. The topological polar surface area (TPSA) is 59.8 Å². The number of rotatable bonds is 8. The maximum absolute atomic E-state index is 13.0. The number of carbonyl (C=O) groups is 2. The number of halogens is 1. The molecule has 0 aromatic heterocycles. The number of quaternary nitrogens is 1. The van der Waals surface area contributed by atoms with Crippen molar-refractivity contribution in [1.82, 2.24) is 5.32 Å². The summed E-state index contributed by atoms with van der Waals surface area (Å²) in [6.45, 7) is 4.09. The molecule has 1 aliphatic heterocycles. The number of ketones is 1. The molecule has 0 aliphatic carbocycles. The summed E-state index contributed by atoms with van der Waals surface area (Å²) < 4.78 is 18.4.